The molecule has 2 heterocycles. The van der Waals surface area contributed by atoms with Crippen LogP contribution in [0, 0.1) is 0 Å². The fourth-order valence-corrected chi connectivity index (χ4v) is 3.04. The standard InChI is InChI=1S/C14H14FN5O4S/c1-19-12(3-4-16-19)9-6-10-11(5-8(9)7-15)17-14(22)20(13(10)21)18-25(2,23)24/h3-6,18H,7H2,1-2H3,(H,17,22). The number of nitrogens with one attached hydrogen (secondary N) is 2. The highest BCUT2D eigenvalue weighted by Crippen LogP contribution is 2.26. The predicted octanol–water partition coefficient (Wildman–Crippen LogP) is 0.0629. The first-order chi connectivity index (χ1) is 11.7. The third kappa shape index (κ3) is 3.05. The Hall–Kier alpha value is -2.95. The second-order valence-electron chi connectivity index (χ2n) is 5.46. The van der Waals surface area contributed by atoms with Crippen LogP contribution in [-0.4, -0.2) is 34.1 Å². The normalized spacial score (nSPS) is 11.8. The fourth-order valence-electron chi connectivity index (χ4n) is 2.54. The number of nitrogens with zero attached hydrogens (tertiary/aromatic N) is 3. The quantitative estimate of drug-likeness (QED) is 0.676. The van der Waals surface area contributed by atoms with E-state index >= 15 is 0 Å². The van der Waals surface area contributed by atoms with Gasteiger partial charge < -0.3 is 4.98 Å². The average molecular weight is 367 g/mol. The number of hydrogen-bond acceptors (Lipinski definition) is 5. The Bertz CT molecular complexity index is 1190. The minimum absolute atomic E-state index is 0.0316. The van der Waals surface area contributed by atoms with Gasteiger partial charge in [0.05, 0.1) is 22.9 Å². The number of fused-ring (bicyclic) bond motifs is 1. The zero-order chi connectivity index (χ0) is 18.4. The van der Waals surface area contributed by atoms with E-state index in [1.807, 2.05) is 4.83 Å². The highest BCUT2D eigenvalue weighted by molar-refractivity contribution is 7.91. The molecule has 3 rings (SSSR count). The summed E-state index contributed by atoms with van der Waals surface area (Å²) >= 11 is 0. The Labute approximate surface area is 140 Å². The SMILES string of the molecule is Cn1nccc1-c1cc2c(=O)n(NS(C)(=O)=O)c(=O)[nH]c2cc1CF. The van der Waals surface area contributed by atoms with Crippen LogP contribution in [0.5, 0.6) is 0 Å². The number of aromatic nitrogens is 4. The first-order valence-electron chi connectivity index (χ1n) is 7.05. The number of aryl methyl sites for hydroxylation is 1. The molecule has 11 heteroatoms. The molecule has 2 N–H and O–H groups in total. The maximum absolute atomic E-state index is 13.4. The summed E-state index contributed by atoms with van der Waals surface area (Å²) in [5.74, 6) is 0. The summed E-state index contributed by atoms with van der Waals surface area (Å²) in [7, 11) is -2.18. The molecule has 0 spiro atoms. The molecule has 132 valence electrons. The summed E-state index contributed by atoms with van der Waals surface area (Å²) in [5.41, 5.74) is -0.466. The Morgan fingerprint density at radius 3 is 2.60 bits per heavy atom. The van der Waals surface area contributed by atoms with Crippen molar-refractivity contribution in [3.05, 3.63) is 50.8 Å². The maximum atomic E-state index is 13.4. The summed E-state index contributed by atoms with van der Waals surface area (Å²) in [6.07, 6.45) is 2.34. The molecular weight excluding hydrogens is 353 g/mol. The number of H-pyrrole nitrogens is 1. The first-order valence-corrected chi connectivity index (χ1v) is 8.94. The predicted molar refractivity (Wildman–Crippen MR) is 90.0 cm³/mol. The van der Waals surface area contributed by atoms with Crippen LogP contribution in [0.25, 0.3) is 22.2 Å². The molecule has 2 aromatic heterocycles. The van der Waals surface area contributed by atoms with Crippen molar-refractivity contribution in [2.24, 2.45) is 7.05 Å². The third-order valence-electron chi connectivity index (χ3n) is 3.62. The Balaban J connectivity index is 2.36. The molecule has 0 aliphatic rings. The minimum Gasteiger partial charge on any atom is -0.305 e. The van der Waals surface area contributed by atoms with E-state index < -0.39 is 27.9 Å². The highest BCUT2D eigenvalue weighted by Gasteiger charge is 2.16. The van der Waals surface area contributed by atoms with Gasteiger partial charge >= 0.3 is 5.69 Å². The van der Waals surface area contributed by atoms with Crippen LogP contribution in [0.3, 0.4) is 0 Å². The number of benzene rings is 1. The minimum atomic E-state index is -3.84. The van der Waals surface area contributed by atoms with Crippen LogP contribution in [0.4, 0.5) is 4.39 Å². The van der Waals surface area contributed by atoms with Crippen molar-refractivity contribution in [2.75, 3.05) is 11.1 Å². The van der Waals surface area contributed by atoms with E-state index in [-0.39, 0.29) is 16.5 Å². The monoisotopic (exact) mass is 367 g/mol. The number of halogens is 1. The number of hydrogen-bond donors (Lipinski definition) is 2. The lowest BCUT2D eigenvalue weighted by Gasteiger charge is -2.11. The van der Waals surface area contributed by atoms with Crippen LogP contribution in [0.1, 0.15) is 5.56 Å². The van der Waals surface area contributed by atoms with Gasteiger partial charge in [-0.05, 0) is 23.8 Å². The van der Waals surface area contributed by atoms with Crippen molar-refractivity contribution < 1.29 is 12.8 Å². The van der Waals surface area contributed by atoms with E-state index in [4.69, 9.17) is 0 Å². The van der Waals surface area contributed by atoms with Crippen molar-refractivity contribution in [1.29, 1.82) is 0 Å². The van der Waals surface area contributed by atoms with E-state index in [0.29, 0.717) is 15.9 Å². The second-order valence-corrected chi connectivity index (χ2v) is 7.19. The van der Waals surface area contributed by atoms with Crippen LogP contribution in [0.15, 0.2) is 34.0 Å². The zero-order valence-corrected chi connectivity index (χ0v) is 14.1. The second kappa shape index (κ2) is 5.84. The van der Waals surface area contributed by atoms with Crippen LogP contribution in [-0.2, 0) is 23.7 Å². The van der Waals surface area contributed by atoms with Gasteiger partial charge in [-0.1, -0.05) is 0 Å². The van der Waals surface area contributed by atoms with E-state index in [1.54, 1.807) is 13.1 Å². The van der Waals surface area contributed by atoms with Crippen LogP contribution in [0.2, 0.25) is 0 Å². The molecule has 0 atom stereocenters. The van der Waals surface area contributed by atoms with E-state index in [9.17, 15) is 22.4 Å². The molecule has 9 nitrogen and oxygen atoms in total. The Morgan fingerprint density at radius 1 is 1.32 bits per heavy atom. The van der Waals surface area contributed by atoms with E-state index in [2.05, 4.69) is 10.1 Å². The van der Waals surface area contributed by atoms with Crippen LogP contribution >= 0.6 is 0 Å². The van der Waals surface area contributed by atoms with Gasteiger partial charge in [-0.15, -0.1) is 0 Å². The van der Waals surface area contributed by atoms with Gasteiger partial charge in [0.1, 0.15) is 6.67 Å². The lowest BCUT2D eigenvalue weighted by atomic mass is 10.0. The summed E-state index contributed by atoms with van der Waals surface area (Å²) in [4.78, 5) is 28.7. The molecule has 0 fully saturated rings. The largest absolute Gasteiger partial charge is 0.348 e. The molecule has 0 aliphatic heterocycles. The average Bonchev–Trinajstić information content (AvgIpc) is 2.95. The van der Waals surface area contributed by atoms with Gasteiger partial charge in [-0.25, -0.2) is 22.4 Å². The van der Waals surface area contributed by atoms with Gasteiger partial charge in [-0.3, -0.25) is 9.48 Å². The topological polar surface area (TPSA) is 119 Å². The molecule has 25 heavy (non-hydrogen) atoms. The lowest BCUT2D eigenvalue weighted by Crippen LogP contribution is -2.43. The van der Waals surface area contributed by atoms with Crippen molar-refractivity contribution in [3.8, 4) is 11.3 Å². The van der Waals surface area contributed by atoms with Gasteiger partial charge in [0, 0.05) is 18.8 Å². The molecule has 0 amide bonds. The van der Waals surface area contributed by atoms with Gasteiger partial charge in [0.15, 0.2) is 0 Å². The smallest absolute Gasteiger partial charge is 0.305 e. The molecule has 3 aromatic rings. The third-order valence-corrected chi connectivity index (χ3v) is 4.13. The fraction of sp³-hybridized carbons (Fsp3) is 0.214. The number of aromatic amines is 1. The molecule has 0 saturated carbocycles. The van der Waals surface area contributed by atoms with E-state index in [1.165, 1.54) is 23.0 Å². The number of alkyl halides is 1. The van der Waals surface area contributed by atoms with Crippen molar-refractivity contribution in [3.63, 3.8) is 0 Å². The van der Waals surface area contributed by atoms with Gasteiger partial charge in [0.25, 0.3) is 5.56 Å². The molecule has 0 unspecified atom stereocenters. The summed E-state index contributed by atoms with van der Waals surface area (Å²) in [6, 6.07) is 4.41. The van der Waals surface area contributed by atoms with Gasteiger partial charge in [0.2, 0.25) is 10.0 Å². The molecule has 0 aliphatic carbocycles. The zero-order valence-electron chi connectivity index (χ0n) is 13.3. The molecule has 0 radical (unpaired) electrons. The van der Waals surface area contributed by atoms with Crippen molar-refractivity contribution in [2.45, 2.75) is 6.67 Å². The number of rotatable bonds is 4. The van der Waals surface area contributed by atoms with Gasteiger partial charge in [-0.2, -0.15) is 9.77 Å². The van der Waals surface area contributed by atoms with E-state index in [0.717, 1.165) is 6.26 Å². The van der Waals surface area contributed by atoms with Crippen LogP contribution < -0.4 is 16.1 Å². The Morgan fingerprint density at radius 2 is 2.04 bits per heavy atom. The number of sulfonamides is 1. The summed E-state index contributed by atoms with van der Waals surface area (Å²) in [6.45, 7) is -0.816. The highest BCUT2D eigenvalue weighted by atomic mass is 32.2. The lowest BCUT2D eigenvalue weighted by molar-refractivity contribution is 0.486. The van der Waals surface area contributed by atoms with Crippen molar-refractivity contribution in [1.82, 2.24) is 19.4 Å². The molecule has 0 saturated heterocycles. The molecule has 1 aromatic carbocycles. The molecular formula is C14H14FN5O4S. The van der Waals surface area contributed by atoms with Crippen molar-refractivity contribution >= 4 is 20.9 Å². The first kappa shape index (κ1) is 16.9. The summed E-state index contributed by atoms with van der Waals surface area (Å²) in [5, 5.41) is 4.04. The molecule has 0 bridgehead atoms. The summed E-state index contributed by atoms with van der Waals surface area (Å²) < 4.78 is 38.0. The maximum Gasteiger partial charge on any atom is 0.348 e. The Kier molecular flexibility index (Phi) is 3.95.